The van der Waals surface area contributed by atoms with E-state index in [1.165, 1.54) is 50.3 Å². The van der Waals surface area contributed by atoms with E-state index in [-0.39, 0.29) is 23.5 Å². The molecule has 2 saturated carbocycles. The molecule has 3 atom stereocenters. The molecule has 1 aromatic rings. The van der Waals surface area contributed by atoms with Gasteiger partial charge in [0.25, 0.3) is 0 Å². The van der Waals surface area contributed by atoms with Gasteiger partial charge >= 0.3 is 6.09 Å². The molecule has 4 rings (SSSR count). The number of carbonyl (C=O) groups is 2. The molecule has 5 nitrogen and oxygen atoms in total. The highest BCUT2D eigenvalue weighted by atomic mass is 16.5. The smallest absolute Gasteiger partial charge is 0.409 e. The van der Waals surface area contributed by atoms with Crippen LogP contribution < -0.4 is 5.32 Å². The van der Waals surface area contributed by atoms with Crippen LogP contribution in [0.3, 0.4) is 0 Å². The molecule has 158 valence electrons. The maximum Gasteiger partial charge on any atom is 0.409 e. The minimum absolute atomic E-state index is 0.0506. The second-order valence-electron chi connectivity index (χ2n) is 9.20. The van der Waals surface area contributed by atoms with E-state index < -0.39 is 0 Å². The zero-order valence-electron chi connectivity index (χ0n) is 17.8. The van der Waals surface area contributed by atoms with E-state index in [4.69, 9.17) is 4.74 Å². The van der Waals surface area contributed by atoms with E-state index in [9.17, 15) is 9.59 Å². The molecule has 0 radical (unpaired) electrons. The van der Waals surface area contributed by atoms with Gasteiger partial charge in [-0.3, -0.25) is 4.79 Å². The first-order chi connectivity index (χ1) is 14.1. The van der Waals surface area contributed by atoms with Crippen LogP contribution in [0, 0.1) is 11.8 Å². The lowest BCUT2D eigenvalue weighted by atomic mass is 9.55. The first-order valence-electron chi connectivity index (χ1n) is 11.2. The Kier molecular flexibility index (Phi) is 5.84. The molecule has 5 heteroatoms. The molecule has 1 aromatic carbocycles. The minimum atomic E-state index is -0.242. The van der Waals surface area contributed by atoms with Gasteiger partial charge in [0.2, 0.25) is 5.91 Å². The van der Waals surface area contributed by atoms with Crippen molar-refractivity contribution in [2.45, 2.75) is 76.3 Å². The monoisotopic (exact) mass is 398 g/mol. The summed E-state index contributed by atoms with van der Waals surface area (Å²) in [6.07, 6.45) is 9.23. The molecule has 1 heterocycles. The standard InChI is InChI=1S/C24H34N2O3/c1-17(27)25-22-14-8-13-21(22)24(19-10-4-3-5-11-19)16-26(23(28)29-2)15-18-9-6-7-12-20(18)24/h6-7,9,12,19,21-22H,3-5,8,10-11,13-16H2,1-2H3,(H,25,27)/t21-,22-,24?/m0/s1. The van der Waals surface area contributed by atoms with Crippen molar-refractivity contribution in [2.75, 3.05) is 13.7 Å². The van der Waals surface area contributed by atoms with Gasteiger partial charge in [-0.1, -0.05) is 49.9 Å². The molecule has 2 amide bonds. The summed E-state index contributed by atoms with van der Waals surface area (Å²) in [5, 5.41) is 3.27. The Labute approximate surface area is 174 Å². The molecular weight excluding hydrogens is 364 g/mol. The number of rotatable bonds is 3. The van der Waals surface area contributed by atoms with Gasteiger partial charge in [-0.25, -0.2) is 4.79 Å². The van der Waals surface area contributed by atoms with Gasteiger partial charge in [-0.2, -0.15) is 0 Å². The van der Waals surface area contributed by atoms with Crippen molar-refractivity contribution in [3.63, 3.8) is 0 Å². The van der Waals surface area contributed by atoms with Crippen LogP contribution in [0.15, 0.2) is 24.3 Å². The van der Waals surface area contributed by atoms with Crippen molar-refractivity contribution in [1.82, 2.24) is 10.2 Å². The van der Waals surface area contributed by atoms with Gasteiger partial charge in [0, 0.05) is 31.5 Å². The topological polar surface area (TPSA) is 58.6 Å². The van der Waals surface area contributed by atoms with Crippen molar-refractivity contribution < 1.29 is 14.3 Å². The average Bonchev–Trinajstić information content (AvgIpc) is 3.20. The van der Waals surface area contributed by atoms with Crippen molar-refractivity contribution in [2.24, 2.45) is 11.8 Å². The summed E-state index contributed by atoms with van der Waals surface area (Å²) in [7, 11) is 1.47. The fourth-order valence-corrected chi connectivity index (χ4v) is 6.63. The van der Waals surface area contributed by atoms with Crippen LogP contribution in [-0.4, -0.2) is 36.6 Å². The Balaban J connectivity index is 1.84. The molecule has 29 heavy (non-hydrogen) atoms. The molecule has 3 aliphatic rings. The highest BCUT2D eigenvalue weighted by Gasteiger charge is 2.54. The van der Waals surface area contributed by atoms with E-state index in [0.717, 1.165) is 19.3 Å². The lowest BCUT2D eigenvalue weighted by Gasteiger charge is -2.54. The molecule has 1 aliphatic heterocycles. The predicted molar refractivity (Wildman–Crippen MR) is 112 cm³/mol. The highest BCUT2D eigenvalue weighted by Crippen LogP contribution is 2.54. The fraction of sp³-hybridized carbons (Fsp3) is 0.667. The van der Waals surface area contributed by atoms with Crippen LogP contribution in [0.2, 0.25) is 0 Å². The third kappa shape index (κ3) is 3.64. The molecule has 0 saturated heterocycles. The van der Waals surface area contributed by atoms with Crippen molar-refractivity contribution in [3.8, 4) is 0 Å². The number of nitrogens with zero attached hydrogens (tertiary/aromatic N) is 1. The molecular formula is C24H34N2O3. The number of nitrogens with one attached hydrogen (secondary N) is 1. The van der Waals surface area contributed by atoms with Crippen molar-refractivity contribution >= 4 is 12.0 Å². The van der Waals surface area contributed by atoms with Crippen LogP contribution in [0.5, 0.6) is 0 Å². The van der Waals surface area contributed by atoms with Crippen LogP contribution in [0.1, 0.15) is 69.4 Å². The number of methoxy groups -OCH3 is 1. The maximum absolute atomic E-state index is 12.7. The lowest BCUT2D eigenvalue weighted by Crippen LogP contribution is -2.59. The summed E-state index contributed by atoms with van der Waals surface area (Å²) < 4.78 is 5.16. The normalized spacial score (nSPS) is 29.9. The Morgan fingerprint density at radius 2 is 1.83 bits per heavy atom. The molecule has 0 spiro atoms. The summed E-state index contributed by atoms with van der Waals surface area (Å²) in [4.78, 5) is 26.5. The van der Waals surface area contributed by atoms with E-state index in [1.807, 2.05) is 4.90 Å². The van der Waals surface area contributed by atoms with Gasteiger partial charge in [-0.15, -0.1) is 0 Å². The zero-order valence-corrected chi connectivity index (χ0v) is 17.8. The molecule has 0 aromatic heterocycles. The van der Waals surface area contributed by atoms with Gasteiger partial charge in [-0.05, 0) is 48.6 Å². The Morgan fingerprint density at radius 3 is 2.55 bits per heavy atom. The van der Waals surface area contributed by atoms with Crippen LogP contribution in [-0.2, 0) is 21.5 Å². The SMILES string of the molecule is COC(=O)N1Cc2ccccc2C(C2CCCCC2)([C@H]2CCC[C@@H]2NC(C)=O)C1. The first kappa shape index (κ1) is 20.2. The van der Waals surface area contributed by atoms with Crippen LogP contribution >= 0.6 is 0 Å². The summed E-state index contributed by atoms with van der Waals surface area (Å²) >= 11 is 0. The third-order valence-corrected chi connectivity index (χ3v) is 7.67. The summed E-state index contributed by atoms with van der Waals surface area (Å²) in [6, 6.07) is 8.86. The Morgan fingerprint density at radius 1 is 1.07 bits per heavy atom. The average molecular weight is 399 g/mol. The van der Waals surface area contributed by atoms with Gasteiger partial charge < -0.3 is 15.0 Å². The number of ether oxygens (including phenoxy) is 1. The molecule has 0 bridgehead atoms. The Bertz CT molecular complexity index is 758. The molecule has 2 fully saturated rings. The summed E-state index contributed by atoms with van der Waals surface area (Å²) in [6.45, 7) is 2.93. The van der Waals surface area contributed by atoms with E-state index in [1.54, 1.807) is 6.92 Å². The zero-order chi connectivity index (χ0) is 20.4. The molecule has 1 N–H and O–H groups in total. The second-order valence-corrected chi connectivity index (χ2v) is 9.20. The number of fused-ring (bicyclic) bond motifs is 1. The van der Waals surface area contributed by atoms with Gasteiger partial charge in [0.05, 0.1) is 7.11 Å². The Hall–Kier alpha value is -2.04. The van der Waals surface area contributed by atoms with Gasteiger partial charge in [0.15, 0.2) is 0 Å². The highest BCUT2D eigenvalue weighted by molar-refractivity contribution is 5.73. The van der Waals surface area contributed by atoms with Crippen LogP contribution in [0.4, 0.5) is 4.79 Å². The molecule has 2 aliphatic carbocycles. The fourth-order valence-electron chi connectivity index (χ4n) is 6.63. The van der Waals surface area contributed by atoms with E-state index >= 15 is 0 Å². The number of hydrogen-bond acceptors (Lipinski definition) is 3. The summed E-state index contributed by atoms with van der Waals surface area (Å²) in [5.74, 6) is 0.932. The quantitative estimate of drug-likeness (QED) is 0.821. The number of carbonyl (C=O) groups excluding carboxylic acids is 2. The van der Waals surface area contributed by atoms with Crippen LogP contribution in [0.25, 0.3) is 0 Å². The van der Waals surface area contributed by atoms with Crippen molar-refractivity contribution in [1.29, 1.82) is 0 Å². The predicted octanol–water partition coefficient (Wildman–Crippen LogP) is 4.39. The number of amides is 2. The third-order valence-electron chi connectivity index (χ3n) is 7.67. The van der Waals surface area contributed by atoms with E-state index in [2.05, 4.69) is 29.6 Å². The first-order valence-corrected chi connectivity index (χ1v) is 11.2. The van der Waals surface area contributed by atoms with Gasteiger partial charge in [0.1, 0.15) is 0 Å². The number of hydrogen-bond donors (Lipinski definition) is 1. The lowest BCUT2D eigenvalue weighted by molar-refractivity contribution is -0.120. The van der Waals surface area contributed by atoms with Crippen molar-refractivity contribution in [3.05, 3.63) is 35.4 Å². The minimum Gasteiger partial charge on any atom is -0.453 e. The number of benzene rings is 1. The largest absolute Gasteiger partial charge is 0.453 e. The summed E-state index contributed by atoms with van der Waals surface area (Å²) in [5.41, 5.74) is 2.53. The molecule has 1 unspecified atom stereocenters. The maximum atomic E-state index is 12.7. The second kappa shape index (κ2) is 8.37. The van der Waals surface area contributed by atoms with E-state index in [0.29, 0.717) is 24.9 Å².